The number of aliphatic imine (C=N–C) groups is 1. The number of carbonyl (C=O) groups excluding carboxylic acids is 3. The molecular formula is C35H43N5O12. The molecule has 1 saturated heterocycles. The highest BCUT2D eigenvalue weighted by Gasteiger charge is 2.55. The van der Waals surface area contributed by atoms with Crippen molar-refractivity contribution in [2.45, 2.75) is 69.0 Å². The van der Waals surface area contributed by atoms with Crippen molar-refractivity contribution in [1.82, 2.24) is 10.6 Å². The summed E-state index contributed by atoms with van der Waals surface area (Å²) in [6.45, 7) is -1.23. The maximum atomic E-state index is 14.4. The van der Waals surface area contributed by atoms with Gasteiger partial charge in [0, 0.05) is 54.9 Å². The lowest BCUT2D eigenvalue weighted by Gasteiger charge is -2.48. The molecule has 2 heterocycles. The number of aromatic hydroxyl groups is 1. The van der Waals surface area contributed by atoms with Gasteiger partial charge in [0.1, 0.15) is 47.4 Å². The number of ether oxygens (including phenoxy) is 3. The average molecular weight is 726 g/mol. The van der Waals surface area contributed by atoms with Crippen LogP contribution >= 0.6 is 0 Å². The van der Waals surface area contributed by atoms with E-state index in [4.69, 9.17) is 25.7 Å². The average Bonchev–Trinajstić information content (AvgIpc) is 3.14. The van der Waals surface area contributed by atoms with Crippen molar-refractivity contribution in [3.63, 3.8) is 0 Å². The normalized spacial score (nSPS) is 24.2. The van der Waals surface area contributed by atoms with E-state index in [-0.39, 0.29) is 66.2 Å². The lowest BCUT2D eigenvalue weighted by Crippen LogP contribution is -2.67. The Balaban J connectivity index is 1.56. The number of aliphatic hydroxyl groups is 5. The third-order valence-corrected chi connectivity index (χ3v) is 9.58. The van der Waals surface area contributed by atoms with Gasteiger partial charge < -0.3 is 71.7 Å². The van der Waals surface area contributed by atoms with E-state index in [2.05, 4.69) is 15.6 Å². The molecule has 12 N–H and O–H groups in total. The van der Waals surface area contributed by atoms with E-state index in [1.54, 1.807) is 6.08 Å². The van der Waals surface area contributed by atoms with E-state index in [9.17, 15) is 45.0 Å². The monoisotopic (exact) mass is 725 g/mol. The number of nitrogens with two attached hydrogens (primary N) is 2. The Hall–Kier alpha value is -5.04. The molecule has 2 aromatic rings. The number of carbonyl (C=O) groups is 3. The van der Waals surface area contributed by atoms with Crippen LogP contribution in [0.2, 0.25) is 0 Å². The number of ketones is 2. The van der Waals surface area contributed by atoms with E-state index in [1.165, 1.54) is 26.3 Å². The summed E-state index contributed by atoms with van der Waals surface area (Å²) in [6.07, 6.45) is -2.85. The van der Waals surface area contributed by atoms with E-state index in [0.29, 0.717) is 24.2 Å². The third kappa shape index (κ3) is 6.93. The smallest absolute Gasteiger partial charge is 0.229 e. The molecule has 2 aromatic carbocycles. The third-order valence-electron chi connectivity index (χ3n) is 9.58. The van der Waals surface area contributed by atoms with Crippen molar-refractivity contribution in [2.24, 2.45) is 16.5 Å². The standard InChI is InChI=1S/C35H43N5O12/c1-38-34(37)40-13-19-17(4-3-9-41)11-18-26(29(19)45)30(46)27-22(12-21(50-2)20(14-42)25(27)28(18)44)51-33-31(47)32(48)35(49,23(15-43)52-33)7-5-16-6-8-39-24(36)10-16/h6,9-12,23,31-33,39,42-43,45,47-49H,3-5,7-8,13-15,36H2,1-2H3,(H3,37,38,40). The van der Waals surface area contributed by atoms with Crippen molar-refractivity contribution in [3.8, 4) is 17.2 Å². The molecule has 1 fully saturated rings. The number of fused-ring (bicyclic) bond motifs is 2. The molecule has 17 nitrogen and oxygen atoms in total. The first-order valence-electron chi connectivity index (χ1n) is 16.5. The van der Waals surface area contributed by atoms with Crippen LogP contribution in [0.5, 0.6) is 17.2 Å². The highest BCUT2D eigenvalue weighted by molar-refractivity contribution is 6.31. The van der Waals surface area contributed by atoms with Crippen molar-refractivity contribution >= 4 is 23.8 Å². The lowest BCUT2D eigenvalue weighted by atomic mass is 9.78. The number of aliphatic hydroxyl groups excluding tert-OH is 4. The Morgan fingerprint density at radius 3 is 2.52 bits per heavy atom. The van der Waals surface area contributed by atoms with Gasteiger partial charge in [0.15, 0.2) is 11.7 Å². The first-order chi connectivity index (χ1) is 24.8. The van der Waals surface area contributed by atoms with E-state index in [0.717, 1.165) is 5.57 Å². The van der Waals surface area contributed by atoms with Gasteiger partial charge in [-0.15, -0.1) is 0 Å². The number of nitrogens with zero attached hydrogens (tertiary/aromatic N) is 1. The number of phenols is 1. The Labute approximate surface area is 298 Å². The summed E-state index contributed by atoms with van der Waals surface area (Å²) in [7, 11) is 2.69. The number of guanidine groups is 1. The molecule has 5 unspecified atom stereocenters. The maximum Gasteiger partial charge on any atom is 0.229 e. The summed E-state index contributed by atoms with van der Waals surface area (Å²) in [5.74, 6) is -2.30. The van der Waals surface area contributed by atoms with Gasteiger partial charge in [-0.25, -0.2) is 0 Å². The minimum absolute atomic E-state index is 0.0211. The van der Waals surface area contributed by atoms with Gasteiger partial charge in [-0.1, -0.05) is 6.08 Å². The number of methoxy groups -OCH3 is 1. The van der Waals surface area contributed by atoms with Crippen molar-refractivity contribution < 1.29 is 59.2 Å². The summed E-state index contributed by atoms with van der Waals surface area (Å²) in [6, 6.07) is 2.56. The molecule has 0 spiro atoms. The van der Waals surface area contributed by atoms with Crippen LogP contribution in [0, 0.1) is 0 Å². The molecule has 52 heavy (non-hydrogen) atoms. The number of nitrogens with one attached hydrogen (secondary N) is 2. The van der Waals surface area contributed by atoms with Gasteiger partial charge in [0.05, 0.1) is 37.3 Å². The maximum absolute atomic E-state index is 14.4. The number of rotatable bonds is 13. The van der Waals surface area contributed by atoms with Gasteiger partial charge >= 0.3 is 0 Å². The number of aryl methyl sites for hydroxylation is 1. The number of hydrogen-bond acceptors (Lipinski definition) is 15. The molecule has 0 bridgehead atoms. The van der Waals surface area contributed by atoms with Crippen LogP contribution in [-0.4, -0.2) is 112 Å². The number of benzene rings is 2. The molecule has 0 aromatic heterocycles. The predicted octanol–water partition coefficient (Wildman–Crippen LogP) is -1.51. The van der Waals surface area contributed by atoms with Crippen LogP contribution in [0.25, 0.3) is 0 Å². The zero-order chi connectivity index (χ0) is 37.9. The van der Waals surface area contributed by atoms with E-state index < -0.39 is 77.6 Å². The van der Waals surface area contributed by atoms with Crippen LogP contribution < -0.4 is 31.6 Å². The topological polar surface area (TPSA) is 289 Å². The molecule has 0 saturated carbocycles. The zero-order valence-electron chi connectivity index (χ0n) is 28.6. The summed E-state index contributed by atoms with van der Waals surface area (Å²) >= 11 is 0. The van der Waals surface area contributed by atoms with Crippen LogP contribution in [-0.2, 0) is 29.1 Å². The Morgan fingerprint density at radius 2 is 1.88 bits per heavy atom. The minimum Gasteiger partial charge on any atom is -0.507 e. The first kappa shape index (κ1) is 38.2. The fraction of sp³-hybridized carbons (Fsp3) is 0.429. The summed E-state index contributed by atoms with van der Waals surface area (Å²) in [5.41, 5.74) is 9.35. The summed E-state index contributed by atoms with van der Waals surface area (Å²) < 4.78 is 17.2. The Morgan fingerprint density at radius 1 is 1.13 bits per heavy atom. The number of phenolic OH excluding ortho intramolecular Hbond substituents is 1. The molecule has 3 aliphatic rings. The number of dihydropyridines is 1. The SMILES string of the molecule is CN=C(N)NCc1c(CCC=O)cc2c(c1O)C(=O)c1c(OC3OC(CO)C(O)(CCC4=CCNC(N)=C4)C(O)C3O)cc(OC)c(CO)c1C2=O. The van der Waals surface area contributed by atoms with E-state index in [1.807, 2.05) is 6.08 Å². The van der Waals surface area contributed by atoms with Crippen molar-refractivity contribution in [3.05, 3.63) is 74.6 Å². The minimum atomic E-state index is -2.16. The molecule has 2 aliphatic heterocycles. The van der Waals surface area contributed by atoms with Gasteiger partial charge in [-0.05, 0) is 42.5 Å². The van der Waals surface area contributed by atoms with Crippen LogP contribution in [0.3, 0.4) is 0 Å². The second kappa shape index (κ2) is 15.7. The number of aldehydes is 1. The Bertz CT molecular complexity index is 1840. The Kier molecular flexibility index (Phi) is 11.5. The number of allylic oxidation sites excluding steroid dienone is 2. The van der Waals surface area contributed by atoms with Crippen LogP contribution in [0.15, 0.2) is 40.7 Å². The molecule has 0 radical (unpaired) electrons. The second-order valence-corrected chi connectivity index (χ2v) is 12.6. The molecule has 5 atom stereocenters. The quantitative estimate of drug-likeness (QED) is 0.0545. The molecule has 280 valence electrons. The largest absolute Gasteiger partial charge is 0.507 e. The molecule has 1 aliphatic carbocycles. The molecule has 17 heteroatoms. The lowest BCUT2D eigenvalue weighted by molar-refractivity contribution is -0.314. The highest BCUT2D eigenvalue weighted by atomic mass is 16.7. The molecule has 0 amide bonds. The first-order valence-corrected chi connectivity index (χ1v) is 16.5. The van der Waals surface area contributed by atoms with Gasteiger partial charge in [0.25, 0.3) is 0 Å². The van der Waals surface area contributed by atoms with E-state index >= 15 is 0 Å². The molecule has 5 rings (SSSR count). The van der Waals surface area contributed by atoms with Crippen molar-refractivity contribution in [2.75, 3.05) is 27.3 Å². The van der Waals surface area contributed by atoms with Gasteiger partial charge in [-0.2, -0.15) is 0 Å². The van der Waals surface area contributed by atoms with Crippen molar-refractivity contribution in [1.29, 1.82) is 0 Å². The highest BCUT2D eigenvalue weighted by Crippen LogP contribution is 2.45. The predicted molar refractivity (Wildman–Crippen MR) is 184 cm³/mol. The second-order valence-electron chi connectivity index (χ2n) is 12.6. The van der Waals surface area contributed by atoms with Crippen LogP contribution in [0.1, 0.15) is 67.8 Å². The van der Waals surface area contributed by atoms with Gasteiger partial charge in [-0.3, -0.25) is 14.6 Å². The fourth-order valence-corrected chi connectivity index (χ4v) is 6.77. The zero-order valence-corrected chi connectivity index (χ0v) is 28.6. The summed E-state index contributed by atoms with van der Waals surface area (Å²) in [4.78, 5) is 43.7. The van der Waals surface area contributed by atoms with Gasteiger partial charge in [0.2, 0.25) is 12.1 Å². The molecular weight excluding hydrogens is 682 g/mol. The van der Waals surface area contributed by atoms with Crippen LogP contribution in [0.4, 0.5) is 0 Å². The summed E-state index contributed by atoms with van der Waals surface area (Å²) in [5, 5.41) is 71.9. The number of hydrogen-bond donors (Lipinski definition) is 10. The fourth-order valence-electron chi connectivity index (χ4n) is 6.77.